The van der Waals surface area contributed by atoms with Gasteiger partial charge in [0.25, 0.3) is 0 Å². The Kier molecular flexibility index (Phi) is 4.31. The van der Waals surface area contributed by atoms with Gasteiger partial charge in [0.15, 0.2) is 0 Å². The van der Waals surface area contributed by atoms with Gasteiger partial charge in [0, 0.05) is 27.9 Å². The molecule has 1 atom stereocenters. The van der Waals surface area contributed by atoms with Crippen LogP contribution in [0.3, 0.4) is 0 Å². The van der Waals surface area contributed by atoms with Crippen molar-refractivity contribution in [2.45, 2.75) is 19.4 Å². The fraction of sp³-hybridized carbons (Fsp3) is 0.308. The lowest BCUT2D eigenvalue weighted by molar-refractivity contribution is 0.602. The van der Waals surface area contributed by atoms with Crippen molar-refractivity contribution in [3.05, 3.63) is 39.8 Å². The molecular weight excluding hydrogens is 296 g/mol. The largest absolute Gasteiger partial charge is 0.317 e. The Morgan fingerprint density at radius 1 is 1.41 bits per heavy atom. The summed E-state index contributed by atoms with van der Waals surface area (Å²) in [5, 5.41) is 6.45. The second-order valence-electron chi connectivity index (χ2n) is 4.02. The van der Waals surface area contributed by atoms with Crippen LogP contribution in [0.5, 0.6) is 0 Å². The van der Waals surface area contributed by atoms with Crippen molar-refractivity contribution in [2.24, 2.45) is 0 Å². The lowest BCUT2D eigenvalue weighted by Crippen LogP contribution is -2.23. The third-order valence-corrected chi connectivity index (χ3v) is 4.28. The first kappa shape index (κ1) is 12.7. The maximum Gasteiger partial charge on any atom is 0.124 e. The predicted octanol–water partition coefficient (Wildman–Crippen LogP) is 3.72. The first-order valence-electron chi connectivity index (χ1n) is 5.57. The first-order chi connectivity index (χ1) is 8.20. The highest BCUT2D eigenvalue weighted by Gasteiger charge is 2.09. The maximum absolute atomic E-state index is 4.68. The van der Waals surface area contributed by atoms with Gasteiger partial charge in [-0.1, -0.05) is 34.1 Å². The van der Waals surface area contributed by atoms with Gasteiger partial charge in [-0.15, -0.1) is 11.3 Å². The highest BCUT2D eigenvalue weighted by molar-refractivity contribution is 9.10. The van der Waals surface area contributed by atoms with Crippen LogP contribution in [0.4, 0.5) is 0 Å². The van der Waals surface area contributed by atoms with Gasteiger partial charge in [-0.05, 0) is 20.0 Å². The van der Waals surface area contributed by atoms with E-state index in [9.17, 15) is 0 Å². The minimum atomic E-state index is 0.462. The summed E-state index contributed by atoms with van der Waals surface area (Å²) in [5.74, 6) is 0. The van der Waals surface area contributed by atoms with Crippen molar-refractivity contribution in [2.75, 3.05) is 7.05 Å². The van der Waals surface area contributed by atoms with Crippen molar-refractivity contribution < 1.29 is 0 Å². The summed E-state index contributed by atoms with van der Waals surface area (Å²) >= 11 is 5.26. The van der Waals surface area contributed by atoms with Gasteiger partial charge in [-0.25, -0.2) is 4.98 Å². The summed E-state index contributed by atoms with van der Waals surface area (Å²) in [6, 6.07) is 8.66. The standard InChI is InChI=1S/C13H15BrN2S/c1-9(15-2)7-10-8-17-13(16-10)11-5-3-4-6-12(11)14/h3-6,8-9,15H,7H2,1-2H3. The van der Waals surface area contributed by atoms with Gasteiger partial charge in [-0.2, -0.15) is 0 Å². The molecule has 0 spiro atoms. The molecule has 17 heavy (non-hydrogen) atoms. The first-order valence-corrected chi connectivity index (χ1v) is 7.24. The zero-order valence-corrected chi connectivity index (χ0v) is 12.3. The van der Waals surface area contributed by atoms with E-state index in [0.29, 0.717) is 6.04 Å². The number of thiazole rings is 1. The van der Waals surface area contributed by atoms with E-state index in [-0.39, 0.29) is 0 Å². The summed E-state index contributed by atoms with van der Waals surface area (Å²) < 4.78 is 1.10. The number of hydrogen-bond acceptors (Lipinski definition) is 3. The third-order valence-electron chi connectivity index (χ3n) is 2.66. The van der Waals surface area contributed by atoms with E-state index in [0.717, 1.165) is 21.6 Å². The van der Waals surface area contributed by atoms with Gasteiger partial charge in [-0.3, -0.25) is 0 Å². The Hall–Kier alpha value is -0.710. The second-order valence-corrected chi connectivity index (χ2v) is 5.73. The molecule has 4 heteroatoms. The Morgan fingerprint density at radius 2 is 2.18 bits per heavy atom. The number of likely N-dealkylation sites (N-methyl/N-ethyl adjacent to an activating group) is 1. The normalized spacial score (nSPS) is 12.6. The molecule has 1 aromatic carbocycles. The van der Waals surface area contributed by atoms with Crippen LogP contribution in [-0.4, -0.2) is 18.1 Å². The SMILES string of the molecule is CNC(C)Cc1csc(-c2ccccc2Br)n1. The number of hydrogen-bond donors (Lipinski definition) is 1. The average molecular weight is 311 g/mol. The van der Waals surface area contributed by atoms with Gasteiger partial charge in [0.05, 0.1) is 5.69 Å². The van der Waals surface area contributed by atoms with E-state index < -0.39 is 0 Å². The molecule has 0 aliphatic heterocycles. The van der Waals surface area contributed by atoms with Crippen LogP contribution in [-0.2, 0) is 6.42 Å². The maximum atomic E-state index is 4.68. The Bertz CT molecular complexity index is 496. The van der Waals surface area contributed by atoms with Gasteiger partial charge in [0.1, 0.15) is 5.01 Å². The number of nitrogens with zero attached hydrogens (tertiary/aromatic N) is 1. The number of benzene rings is 1. The highest BCUT2D eigenvalue weighted by atomic mass is 79.9. The molecule has 1 aromatic heterocycles. The number of rotatable bonds is 4. The lowest BCUT2D eigenvalue weighted by Gasteiger charge is -2.06. The molecule has 0 bridgehead atoms. The molecule has 0 saturated heterocycles. The van der Waals surface area contributed by atoms with Crippen LogP contribution >= 0.6 is 27.3 Å². The van der Waals surface area contributed by atoms with Crippen molar-refractivity contribution in [1.29, 1.82) is 0 Å². The summed E-state index contributed by atoms with van der Waals surface area (Å²) in [7, 11) is 1.98. The summed E-state index contributed by atoms with van der Waals surface area (Å²) in [6.07, 6.45) is 0.970. The van der Waals surface area contributed by atoms with Crippen molar-refractivity contribution in [1.82, 2.24) is 10.3 Å². The molecular formula is C13H15BrN2S. The van der Waals surface area contributed by atoms with Crippen molar-refractivity contribution in [3.63, 3.8) is 0 Å². The van der Waals surface area contributed by atoms with Gasteiger partial charge in [0.2, 0.25) is 0 Å². The molecule has 0 saturated carbocycles. The molecule has 1 heterocycles. The van der Waals surface area contributed by atoms with Crippen LogP contribution in [0.25, 0.3) is 10.6 Å². The third kappa shape index (κ3) is 3.15. The van der Waals surface area contributed by atoms with E-state index in [4.69, 9.17) is 0 Å². The molecule has 1 N–H and O–H groups in total. The van der Waals surface area contributed by atoms with Gasteiger partial charge >= 0.3 is 0 Å². The van der Waals surface area contributed by atoms with Crippen LogP contribution in [0, 0.1) is 0 Å². The minimum Gasteiger partial charge on any atom is -0.317 e. The topological polar surface area (TPSA) is 24.9 Å². The number of aromatic nitrogens is 1. The smallest absolute Gasteiger partial charge is 0.124 e. The molecule has 2 rings (SSSR count). The van der Waals surface area contributed by atoms with Crippen molar-refractivity contribution >= 4 is 27.3 Å². The van der Waals surface area contributed by atoms with Crippen molar-refractivity contribution in [3.8, 4) is 10.6 Å². The lowest BCUT2D eigenvalue weighted by atomic mass is 10.2. The molecule has 0 radical (unpaired) electrons. The van der Waals surface area contributed by atoms with E-state index in [2.05, 4.69) is 44.6 Å². The van der Waals surface area contributed by atoms with Gasteiger partial charge < -0.3 is 5.32 Å². The van der Waals surface area contributed by atoms with E-state index >= 15 is 0 Å². The molecule has 1 unspecified atom stereocenters. The molecule has 2 nitrogen and oxygen atoms in total. The van der Waals surface area contributed by atoms with Crippen LogP contribution in [0.15, 0.2) is 34.1 Å². The van der Waals surface area contributed by atoms with Crippen LogP contribution < -0.4 is 5.32 Å². The molecule has 2 aromatic rings. The summed E-state index contributed by atoms with van der Waals surface area (Å²) in [5.41, 5.74) is 2.32. The Morgan fingerprint density at radius 3 is 2.88 bits per heavy atom. The van der Waals surface area contributed by atoms with E-state index in [1.54, 1.807) is 11.3 Å². The summed E-state index contributed by atoms with van der Waals surface area (Å²) in [4.78, 5) is 4.68. The second kappa shape index (κ2) is 5.76. The number of nitrogens with one attached hydrogen (secondary N) is 1. The van der Waals surface area contributed by atoms with E-state index in [1.165, 1.54) is 5.56 Å². The molecule has 0 fully saturated rings. The monoisotopic (exact) mass is 310 g/mol. The fourth-order valence-electron chi connectivity index (χ4n) is 1.57. The van der Waals surface area contributed by atoms with Crippen LogP contribution in [0.1, 0.15) is 12.6 Å². The quantitative estimate of drug-likeness (QED) is 0.931. The highest BCUT2D eigenvalue weighted by Crippen LogP contribution is 2.30. The zero-order chi connectivity index (χ0) is 12.3. The zero-order valence-electron chi connectivity index (χ0n) is 9.90. The molecule has 0 aliphatic carbocycles. The predicted molar refractivity (Wildman–Crippen MR) is 77.5 cm³/mol. The Labute approximate surface area is 114 Å². The molecule has 90 valence electrons. The Balaban J connectivity index is 2.21. The number of halogens is 1. The van der Waals surface area contributed by atoms with E-state index in [1.807, 2.05) is 25.2 Å². The average Bonchev–Trinajstić information content (AvgIpc) is 2.78. The summed E-state index contributed by atoms with van der Waals surface area (Å²) in [6.45, 7) is 2.16. The molecule has 0 amide bonds. The fourth-order valence-corrected chi connectivity index (χ4v) is 3.05. The minimum absolute atomic E-state index is 0.462. The molecule has 0 aliphatic rings. The van der Waals surface area contributed by atoms with Crippen LogP contribution in [0.2, 0.25) is 0 Å².